The molecule has 0 spiro atoms. The van der Waals surface area contributed by atoms with Crippen LogP contribution in [0.15, 0.2) is 48.5 Å². The third-order valence-electron chi connectivity index (χ3n) is 9.33. The van der Waals surface area contributed by atoms with Gasteiger partial charge < -0.3 is 21.1 Å². The van der Waals surface area contributed by atoms with Gasteiger partial charge >= 0.3 is 0 Å². The molecule has 2 aromatic rings. The first-order valence-corrected chi connectivity index (χ1v) is 17.0. The van der Waals surface area contributed by atoms with Crippen molar-refractivity contribution in [2.45, 2.75) is 105 Å². The number of aliphatic hydroxyl groups excluding tert-OH is 1. The Kier molecular flexibility index (Phi) is 14.0. The summed E-state index contributed by atoms with van der Waals surface area (Å²) in [5.41, 5.74) is 9.92. The normalized spacial score (nSPS) is 26.3. The Morgan fingerprint density at radius 1 is 1.09 bits per heavy atom. The molecular weight excluding hydrogens is 564 g/mol. The zero-order chi connectivity index (χ0) is 33.1. The van der Waals surface area contributed by atoms with Crippen molar-refractivity contribution in [2.24, 2.45) is 23.0 Å². The molecule has 4 unspecified atom stereocenters. The van der Waals surface area contributed by atoms with Crippen molar-refractivity contribution in [1.29, 1.82) is 0 Å². The van der Waals surface area contributed by atoms with Crippen LogP contribution in [0, 0.1) is 17.3 Å². The zero-order valence-electron chi connectivity index (χ0n) is 28.7. The van der Waals surface area contributed by atoms with Gasteiger partial charge in [-0.25, -0.2) is 0 Å². The lowest BCUT2D eigenvalue weighted by Gasteiger charge is -2.33. The van der Waals surface area contributed by atoms with Crippen LogP contribution < -0.4 is 11.1 Å². The largest absolute Gasteiger partial charge is 0.394 e. The van der Waals surface area contributed by atoms with Crippen LogP contribution in [0.2, 0.25) is 0 Å². The number of hydrogen-bond acceptors (Lipinski definition) is 6. The molecule has 1 saturated carbocycles. The highest BCUT2D eigenvalue weighted by atomic mass is 16.7. The number of nitrogens with one attached hydrogen (secondary N) is 1. The number of aliphatic hydroxyl groups is 1. The first kappa shape index (κ1) is 36.7. The minimum Gasteiger partial charge on any atom is -0.394 e. The monoisotopic (exact) mass is 622 g/mol. The van der Waals surface area contributed by atoms with Gasteiger partial charge in [-0.2, -0.15) is 5.06 Å². The van der Waals surface area contributed by atoms with Crippen molar-refractivity contribution in [3.05, 3.63) is 59.7 Å². The molecular formula is C37H58N4O4. The summed E-state index contributed by atoms with van der Waals surface area (Å²) in [6.45, 7) is 15.2. The van der Waals surface area contributed by atoms with Crippen LogP contribution in [0.5, 0.6) is 0 Å². The van der Waals surface area contributed by atoms with Gasteiger partial charge in [-0.1, -0.05) is 84.7 Å². The number of carbonyl (C=O) groups excluding carboxylic acids is 2. The van der Waals surface area contributed by atoms with Crippen LogP contribution >= 0.6 is 0 Å². The SMILES string of the molecule is CC.CC1CCCC(C)(C)C1.CCC1C(CO)ON(Cc2cccc(-c3ccc(C(=O)N[C@@H]4CCN(C)C4)cc3)c2)C1C(N)=O. The van der Waals surface area contributed by atoms with Crippen molar-refractivity contribution < 1.29 is 19.5 Å². The first-order chi connectivity index (χ1) is 21.5. The fraction of sp³-hybridized carbons (Fsp3) is 0.622. The van der Waals surface area contributed by atoms with Crippen LogP contribution in [0.25, 0.3) is 11.1 Å². The Bertz CT molecular complexity index is 1220. The second-order valence-corrected chi connectivity index (χ2v) is 13.7. The van der Waals surface area contributed by atoms with E-state index in [1.165, 1.54) is 25.7 Å². The van der Waals surface area contributed by atoms with Gasteiger partial charge in [-0.05, 0) is 85.5 Å². The average molecular weight is 623 g/mol. The number of likely N-dealkylation sites (tertiary alicyclic amines) is 1. The van der Waals surface area contributed by atoms with Crippen LogP contribution in [-0.2, 0) is 16.2 Å². The van der Waals surface area contributed by atoms with Gasteiger partial charge in [-0.15, -0.1) is 0 Å². The summed E-state index contributed by atoms with van der Waals surface area (Å²) in [5, 5.41) is 14.4. The van der Waals surface area contributed by atoms with Crippen LogP contribution in [0.4, 0.5) is 0 Å². The molecule has 250 valence electrons. The quantitative estimate of drug-likeness (QED) is 0.332. The second kappa shape index (κ2) is 17.2. The lowest BCUT2D eigenvalue weighted by Crippen LogP contribution is -2.43. The number of nitrogens with zero attached hydrogens (tertiary/aromatic N) is 2. The molecule has 5 rings (SSSR count). The van der Waals surface area contributed by atoms with E-state index in [0.29, 0.717) is 23.9 Å². The number of hydrogen-bond donors (Lipinski definition) is 3. The van der Waals surface area contributed by atoms with Gasteiger partial charge in [0, 0.05) is 24.1 Å². The van der Waals surface area contributed by atoms with E-state index >= 15 is 0 Å². The third-order valence-corrected chi connectivity index (χ3v) is 9.33. The van der Waals surface area contributed by atoms with E-state index in [1.54, 1.807) is 5.06 Å². The first-order valence-electron chi connectivity index (χ1n) is 17.0. The fourth-order valence-corrected chi connectivity index (χ4v) is 7.12. The predicted molar refractivity (Wildman–Crippen MR) is 182 cm³/mol. The number of likely N-dealkylation sites (N-methyl/N-ethyl adjacent to an activating group) is 1. The number of hydroxylamine groups is 2. The Hall–Kier alpha value is -2.78. The Balaban J connectivity index is 0.000000427. The smallest absolute Gasteiger partial charge is 0.251 e. The molecule has 2 saturated heterocycles. The molecule has 3 fully saturated rings. The second-order valence-electron chi connectivity index (χ2n) is 13.7. The molecule has 2 heterocycles. The highest BCUT2D eigenvalue weighted by molar-refractivity contribution is 5.95. The summed E-state index contributed by atoms with van der Waals surface area (Å²) in [4.78, 5) is 32.8. The fourth-order valence-electron chi connectivity index (χ4n) is 7.12. The lowest BCUT2D eigenvalue weighted by molar-refractivity contribution is -0.180. The van der Waals surface area contributed by atoms with E-state index in [-0.39, 0.29) is 24.5 Å². The molecule has 1 aliphatic carbocycles. The molecule has 4 N–H and O–H groups in total. The summed E-state index contributed by atoms with van der Waals surface area (Å²) >= 11 is 0. The summed E-state index contributed by atoms with van der Waals surface area (Å²) < 4.78 is 0. The summed E-state index contributed by atoms with van der Waals surface area (Å²) in [5.74, 6) is 0.341. The third kappa shape index (κ3) is 10.4. The standard InChI is InChI=1S/C26H34N4O4.C9H18.C2H6/c1-3-22-23(16-31)34-30(24(22)25(27)32)14-17-5-4-6-20(13-17)18-7-9-19(10-8-18)26(33)28-21-11-12-29(2)15-21;1-8-5-4-6-9(2,3)7-8;1-2/h4-10,13,21-24,31H,3,11-12,14-16H2,1-2H3,(H2,27,32)(H,28,33);8H,4-7H2,1-3H3;1-2H3/t21-,22?,23?,24?;;/m1../s1. The molecule has 2 aromatic carbocycles. The molecule has 8 nitrogen and oxygen atoms in total. The van der Waals surface area contributed by atoms with Crippen molar-refractivity contribution in [3.8, 4) is 11.1 Å². The number of amides is 2. The van der Waals surface area contributed by atoms with E-state index < -0.39 is 18.1 Å². The molecule has 0 bridgehead atoms. The average Bonchev–Trinajstić information content (AvgIpc) is 3.60. The van der Waals surface area contributed by atoms with Gasteiger partial charge in [0.25, 0.3) is 5.91 Å². The van der Waals surface area contributed by atoms with Crippen LogP contribution in [-0.4, -0.2) is 71.8 Å². The molecule has 45 heavy (non-hydrogen) atoms. The number of primary amides is 1. The van der Waals surface area contributed by atoms with Gasteiger partial charge in [0.05, 0.1) is 13.2 Å². The van der Waals surface area contributed by atoms with E-state index in [0.717, 1.165) is 42.1 Å². The van der Waals surface area contributed by atoms with Crippen molar-refractivity contribution in [2.75, 3.05) is 26.7 Å². The molecule has 8 heteroatoms. The maximum absolute atomic E-state index is 12.6. The Morgan fingerprint density at radius 2 is 1.80 bits per heavy atom. The highest BCUT2D eigenvalue weighted by Gasteiger charge is 2.45. The Morgan fingerprint density at radius 3 is 2.33 bits per heavy atom. The predicted octanol–water partition coefficient (Wildman–Crippen LogP) is 6.02. The number of nitrogens with two attached hydrogens (primary N) is 1. The van der Waals surface area contributed by atoms with Crippen LogP contribution in [0.1, 0.15) is 96.0 Å². The molecule has 0 aromatic heterocycles. The van der Waals surface area contributed by atoms with E-state index in [9.17, 15) is 14.7 Å². The summed E-state index contributed by atoms with van der Waals surface area (Å²) in [7, 11) is 2.06. The minimum absolute atomic E-state index is 0.0480. The number of carbonyl (C=O) groups is 2. The van der Waals surface area contributed by atoms with Crippen LogP contribution in [0.3, 0.4) is 0 Å². The van der Waals surface area contributed by atoms with Gasteiger partial charge in [0.2, 0.25) is 5.91 Å². The molecule has 2 amide bonds. The lowest BCUT2D eigenvalue weighted by atomic mass is 9.73. The number of benzene rings is 2. The topological polar surface area (TPSA) is 108 Å². The molecule has 3 aliphatic rings. The number of rotatable bonds is 8. The van der Waals surface area contributed by atoms with Gasteiger partial charge in [0.15, 0.2) is 0 Å². The van der Waals surface area contributed by atoms with Crippen molar-refractivity contribution >= 4 is 11.8 Å². The highest BCUT2D eigenvalue weighted by Crippen LogP contribution is 2.38. The minimum atomic E-state index is -0.580. The molecule has 2 aliphatic heterocycles. The van der Waals surface area contributed by atoms with E-state index in [2.05, 4.69) is 38.0 Å². The van der Waals surface area contributed by atoms with Gasteiger partial charge in [-0.3, -0.25) is 14.4 Å². The summed E-state index contributed by atoms with van der Waals surface area (Å²) in [6, 6.07) is 15.2. The van der Waals surface area contributed by atoms with E-state index in [1.807, 2.05) is 69.3 Å². The zero-order valence-corrected chi connectivity index (χ0v) is 28.7. The van der Waals surface area contributed by atoms with Gasteiger partial charge in [0.1, 0.15) is 12.1 Å². The molecule has 5 atom stereocenters. The van der Waals surface area contributed by atoms with E-state index in [4.69, 9.17) is 10.6 Å². The van der Waals surface area contributed by atoms with Crippen molar-refractivity contribution in [3.63, 3.8) is 0 Å². The maximum Gasteiger partial charge on any atom is 0.251 e. The summed E-state index contributed by atoms with van der Waals surface area (Å²) in [6.07, 6.45) is 7.02. The Labute approximate surface area is 271 Å². The molecule has 0 radical (unpaired) electrons. The van der Waals surface area contributed by atoms with Crippen molar-refractivity contribution in [1.82, 2.24) is 15.3 Å². The maximum atomic E-state index is 12.6.